The van der Waals surface area contributed by atoms with Gasteiger partial charge in [0, 0.05) is 18.7 Å². The summed E-state index contributed by atoms with van der Waals surface area (Å²) in [6.07, 6.45) is 2.22. The second-order valence-corrected chi connectivity index (χ2v) is 6.08. The molecule has 2 aliphatic rings. The van der Waals surface area contributed by atoms with E-state index >= 15 is 0 Å². The first-order chi connectivity index (χ1) is 11.1. The Hall–Kier alpha value is -1.63. The average Bonchev–Trinajstić information content (AvgIpc) is 3.34. The van der Waals surface area contributed by atoms with Crippen molar-refractivity contribution in [3.8, 4) is 5.75 Å². The molecule has 23 heavy (non-hydrogen) atoms. The second kappa shape index (κ2) is 7.29. The fraction of sp³-hybridized carbons (Fsp3) is 0.500. The van der Waals surface area contributed by atoms with E-state index in [9.17, 15) is 9.59 Å². The molecule has 1 aromatic rings. The number of morpholine rings is 1. The fourth-order valence-corrected chi connectivity index (χ4v) is 2.49. The summed E-state index contributed by atoms with van der Waals surface area (Å²) in [5.74, 6) is 0.427. The SMILES string of the molecule is O=C(CN1CCOCC1)Nc1cc(C(=O)Cl)ccc1OC1CC1. The van der Waals surface area contributed by atoms with Crippen molar-refractivity contribution in [3.05, 3.63) is 23.8 Å². The third-order valence-corrected chi connectivity index (χ3v) is 3.99. The number of halogens is 1. The largest absolute Gasteiger partial charge is 0.488 e. The molecule has 0 spiro atoms. The van der Waals surface area contributed by atoms with Gasteiger partial charge in [0.15, 0.2) is 0 Å². The summed E-state index contributed by atoms with van der Waals surface area (Å²) < 4.78 is 11.0. The number of carbonyl (C=O) groups excluding carboxylic acids is 2. The van der Waals surface area contributed by atoms with Crippen LogP contribution < -0.4 is 10.1 Å². The maximum atomic E-state index is 12.2. The van der Waals surface area contributed by atoms with Crippen LogP contribution in [0, 0.1) is 0 Å². The highest BCUT2D eigenvalue weighted by Crippen LogP contribution is 2.33. The smallest absolute Gasteiger partial charge is 0.252 e. The number of hydrogen-bond donors (Lipinski definition) is 1. The molecule has 0 radical (unpaired) electrons. The first kappa shape index (κ1) is 16.2. The van der Waals surface area contributed by atoms with Crippen LogP contribution in [0.4, 0.5) is 5.69 Å². The van der Waals surface area contributed by atoms with Gasteiger partial charge in [-0.15, -0.1) is 0 Å². The molecule has 0 aromatic heterocycles. The molecule has 0 atom stereocenters. The lowest BCUT2D eigenvalue weighted by atomic mass is 10.2. The topological polar surface area (TPSA) is 67.9 Å². The van der Waals surface area contributed by atoms with Gasteiger partial charge in [-0.05, 0) is 42.6 Å². The zero-order valence-corrected chi connectivity index (χ0v) is 13.5. The van der Waals surface area contributed by atoms with Crippen LogP contribution in [-0.4, -0.2) is 55.0 Å². The predicted octanol–water partition coefficient (Wildman–Crippen LogP) is 1.88. The highest BCUT2D eigenvalue weighted by atomic mass is 35.5. The van der Waals surface area contributed by atoms with Gasteiger partial charge in [0.05, 0.1) is 31.5 Å². The molecule has 3 rings (SSSR count). The van der Waals surface area contributed by atoms with E-state index in [1.54, 1.807) is 18.2 Å². The number of rotatable bonds is 6. The number of hydrogen-bond acceptors (Lipinski definition) is 5. The van der Waals surface area contributed by atoms with E-state index in [0.29, 0.717) is 30.2 Å². The Balaban J connectivity index is 1.69. The Morgan fingerprint density at radius 1 is 1.30 bits per heavy atom. The van der Waals surface area contributed by atoms with Crippen molar-refractivity contribution >= 4 is 28.4 Å². The van der Waals surface area contributed by atoms with E-state index in [4.69, 9.17) is 21.1 Å². The molecule has 1 saturated carbocycles. The average molecular weight is 339 g/mol. The summed E-state index contributed by atoms with van der Waals surface area (Å²) in [7, 11) is 0. The summed E-state index contributed by atoms with van der Waals surface area (Å²) in [6.45, 7) is 3.03. The number of benzene rings is 1. The summed E-state index contributed by atoms with van der Waals surface area (Å²) in [5.41, 5.74) is 0.818. The van der Waals surface area contributed by atoms with E-state index in [-0.39, 0.29) is 18.6 Å². The van der Waals surface area contributed by atoms with Crippen molar-refractivity contribution in [2.45, 2.75) is 18.9 Å². The minimum Gasteiger partial charge on any atom is -0.488 e. The lowest BCUT2D eigenvalue weighted by molar-refractivity contribution is -0.118. The van der Waals surface area contributed by atoms with Crippen molar-refractivity contribution < 1.29 is 19.1 Å². The maximum absolute atomic E-state index is 12.2. The first-order valence-electron chi connectivity index (χ1n) is 7.72. The van der Waals surface area contributed by atoms with Gasteiger partial charge in [0.1, 0.15) is 5.75 Å². The standard InChI is InChI=1S/C16H19ClN2O4/c17-16(21)11-1-4-14(23-12-2-3-12)13(9-11)18-15(20)10-19-5-7-22-8-6-19/h1,4,9,12H,2-3,5-8,10H2,(H,18,20). The van der Waals surface area contributed by atoms with Gasteiger partial charge in [-0.3, -0.25) is 14.5 Å². The lowest BCUT2D eigenvalue weighted by Gasteiger charge is -2.26. The predicted molar refractivity (Wildman–Crippen MR) is 86.2 cm³/mol. The molecule has 2 fully saturated rings. The summed E-state index contributed by atoms with van der Waals surface area (Å²) in [5, 5.41) is 2.27. The van der Waals surface area contributed by atoms with Gasteiger partial charge in [-0.1, -0.05) is 0 Å². The number of nitrogens with one attached hydrogen (secondary N) is 1. The van der Waals surface area contributed by atoms with Crippen LogP contribution in [-0.2, 0) is 9.53 Å². The number of carbonyl (C=O) groups is 2. The van der Waals surface area contributed by atoms with E-state index in [2.05, 4.69) is 5.32 Å². The third-order valence-electron chi connectivity index (χ3n) is 3.77. The van der Waals surface area contributed by atoms with E-state index < -0.39 is 5.24 Å². The van der Waals surface area contributed by atoms with Crippen molar-refractivity contribution in [1.29, 1.82) is 0 Å². The van der Waals surface area contributed by atoms with Gasteiger partial charge in [0.2, 0.25) is 5.91 Å². The van der Waals surface area contributed by atoms with Gasteiger partial charge in [-0.2, -0.15) is 0 Å². The van der Waals surface area contributed by atoms with Gasteiger partial charge < -0.3 is 14.8 Å². The third kappa shape index (κ3) is 4.67. The number of nitrogens with zero attached hydrogens (tertiary/aromatic N) is 1. The molecule has 1 heterocycles. The molecule has 1 aliphatic heterocycles. The monoisotopic (exact) mass is 338 g/mol. The Kier molecular flexibility index (Phi) is 5.15. The van der Waals surface area contributed by atoms with E-state index in [0.717, 1.165) is 25.9 Å². The number of anilines is 1. The number of ether oxygens (including phenoxy) is 2. The fourth-order valence-electron chi connectivity index (χ4n) is 2.37. The van der Waals surface area contributed by atoms with Gasteiger partial charge in [-0.25, -0.2) is 0 Å². The molecule has 7 heteroatoms. The minimum atomic E-state index is -0.563. The summed E-state index contributed by atoms with van der Waals surface area (Å²) in [4.78, 5) is 25.6. The molecule has 1 aliphatic carbocycles. The molecule has 0 bridgehead atoms. The molecule has 1 N–H and O–H groups in total. The zero-order chi connectivity index (χ0) is 16.2. The zero-order valence-electron chi connectivity index (χ0n) is 12.7. The van der Waals surface area contributed by atoms with Crippen LogP contribution in [0.5, 0.6) is 5.75 Å². The lowest BCUT2D eigenvalue weighted by Crippen LogP contribution is -2.41. The van der Waals surface area contributed by atoms with Crippen LogP contribution in [0.3, 0.4) is 0 Å². The normalized spacial score (nSPS) is 18.5. The van der Waals surface area contributed by atoms with Crippen molar-refractivity contribution in [2.24, 2.45) is 0 Å². The van der Waals surface area contributed by atoms with Crippen LogP contribution in [0.25, 0.3) is 0 Å². The molecular formula is C16H19ClN2O4. The Labute approximate surface area is 139 Å². The van der Waals surface area contributed by atoms with E-state index in [1.807, 2.05) is 4.90 Å². The first-order valence-corrected chi connectivity index (χ1v) is 8.10. The van der Waals surface area contributed by atoms with Crippen molar-refractivity contribution in [2.75, 3.05) is 38.2 Å². The van der Waals surface area contributed by atoms with Crippen LogP contribution >= 0.6 is 11.6 Å². The van der Waals surface area contributed by atoms with Crippen LogP contribution in [0.15, 0.2) is 18.2 Å². The Morgan fingerprint density at radius 3 is 2.70 bits per heavy atom. The molecular weight excluding hydrogens is 320 g/mol. The van der Waals surface area contributed by atoms with E-state index in [1.165, 1.54) is 0 Å². The molecule has 1 aromatic carbocycles. The highest BCUT2D eigenvalue weighted by molar-refractivity contribution is 6.67. The Morgan fingerprint density at radius 2 is 2.04 bits per heavy atom. The van der Waals surface area contributed by atoms with Crippen LogP contribution in [0.2, 0.25) is 0 Å². The summed E-state index contributed by atoms with van der Waals surface area (Å²) >= 11 is 5.52. The van der Waals surface area contributed by atoms with Gasteiger partial charge >= 0.3 is 0 Å². The molecule has 1 saturated heterocycles. The maximum Gasteiger partial charge on any atom is 0.252 e. The van der Waals surface area contributed by atoms with Crippen molar-refractivity contribution in [3.63, 3.8) is 0 Å². The van der Waals surface area contributed by atoms with Gasteiger partial charge in [0.25, 0.3) is 5.24 Å². The number of amides is 1. The highest BCUT2D eigenvalue weighted by Gasteiger charge is 2.25. The van der Waals surface area contributed by atoms with Crippen LogP contribution in [0.1, 0.15) is 23.2 Å². The molecule has 124 valence electrons. The summed E-state index contributed by atoms with van der Waals surface area (Å²) in [6, 6.07) is 4.84. The molecule has 1 amide bonds. The Bertz CT molecular complexity index is 598. The van der Waals surface area contributed by atoms with Crippen molar-refractivity contribution in [1.82, 2.24) is 4.90 Å². The quantitative estimate of drug-likeness (QED) is 0.802. The minimum absolute atomic E-state index is 0.147. The second-order valence-electron chi connectivity index (χ2n) is 5.74. The molecule has 6 nitrogen and oxygen atoms in total. The molecule has 0 unspecified atom stereocenters.